The third-order valence-electron chi connectivity index (χ3n) is 2.75. The van der Waals surface area contributed by atoms with Gasteiger partial charge >= 0.3 is 0 Å². The monoisotopic (exact) mass is 322 g/mol. The molecule has 1 N–H and O–H groups in total. The molecule has 0 bridgehead atoms. The number of nitrogens with zero attached hydrogens (tertiary/aromatic N) is 1. The SMILES string of the molecule is Cc1cnc(NC(=O)CSc2ccc3c(c2)OCCO3)s1. The number of thioether (sulfide) groups is 1. The summed E-state index contributed by atoms with van der Waals surface area (Å²) in [6.45, 7) is 3.09. The molecule has 21 heavy (non-hydrogen) atoms. The fourth-order valence-corrected chi connectivity index (χ4v) is 3.24. The van der Waals surface area contributed by atoms with Gasteiger partial charge in [0.15, 0.2) is 16.6 Å². The van der Waals surface area contributed by atoms with Crippen molar-refractivity contribution in [1.82, 2.24) is 4.98 Å². The van der Waals surface area contributed by atoms with Gasteiger partial charge in [-0.2, -0.15) is 0 Å². The summed E-state index contributed by atoms with van der Waals surface area (Å²) in [6.07, 6.45) is 1.74. The molecule has 1 aromatic heterocycles. The Morgan fingerprint density at radius 1 is 1.38 bits per heavy atom. The Labute approximate surface area is 130 Å². The fraction of sp³-hybridized carbons (Fsp3) is 0.286. The first-order chi connectivity index (χ1) is 10.2. The zero-order chi connectivity index (χ0) is 14.7. The molecule has 5 nitrogen and oxygen atoms in total. The fourth-order valence-electron chi connectivity index (χ4n) is 1.83. The molecule has 1 aliphatic rings. The van der Waals surface area contributed by atoms with Gasteiger partial charge in [-0.15, -0.1) is 23.1 Å². The van der Waals surface area contributed by atoms with Crippen LogP contribution in [0.4, 0.5) is 5.13 Å². The number of thiazole rings is 1. The Morgan fingerprint density at radius 2 is 2.19 bits per heavy atom. The number of amides is 1. The average Bonchev–Trinajstić information content (AvgIpc) is 2.90. The molecule has 0 radical (unpaired) electrons. The molecule has 0 fully saturated rings. The third kappa shape index (κ3) is 3.68. The molecule has 2 aromatic rings. The van der Waals surface area contributed by atoms with Gasteiger partial charge in [-0.05, 0) is 25.1 Å². The highest BCUT2D eigenvalue weighted by Crippen LogP contribution is 2.34. The van der Waals surface area contributed by atoms with E-state index in [0.29, 0.717) is 24.1 Å². The van der Waals surface area contributed by atoms with E-state index in [0.717, 1.165) is 21.3 Å². The number of rotatable bonds is 4. The number of carbonyl (C=O) groups is 1. The van der Waals surface area contributed by atoms with Gasteiger partial charge in [-0.1, -0.05) is 0 Å². The van der Waals surface area contributed by atoms with Gasteiger partial charge in [0.1, 0.15) is 13.2 Å². The highest BCUT2D eigenvalue weighted by atomic mass is 32.2. The summed E-state index contributed by atoms with van der Waals surface area (Å²) in [5.74, 6) is 1.76. The molecule has 7 heteroatoms. The maximum atomic E-state index is 11.9. The van der Waals surface area contributed by atoms with Crippen LogP contribution in [-0.2, 0) is 4.79 Å². The quantitative estimate of drug-likeness (QED) is 0.877. The second kappa shape index (κ2) is 6.36. The Balaban J connectivity index is 1.56. The lowest BCUT2D eigenvalue weighted by atomic mass is 10.3. The molecule has 1 aliphatic heterocycles. The summed E-state index contributed by atoms with van der Waals surface area (Å²) >= 11 is 2.92. The summed E-state index contributed by atoms with van der Waals surface area (Å²) in [6, 6.07) is 5.71. The summed E-state index contributed by atoms with van der Waals surface area (Å²) in [5, 5.41) is 3.43. The Hall–Kier alpha value is -1.73. The standard InChI is InChI=1S/C14H14N2O3S2/c1-9-7-15-14(21-9)16-13(17)8-20-10-2-3-11-12(6-10)19-5-4-18-11/h2-3,6-7H,4-5,8H2,1H3,(H,15,16,17). The van der Waals surface area contributed by atoms with Gasteiger partial charge in [0, 0.05) is 16.0 Å². The van der Waals surface area contributed by atoms with Crippen molar-refractivity contribution in [2.45, 2.75) is 11.8 Å². The molecule has 0 unspecified atom stereocenters. The molecule has 3 rings (SSSR count). The van der Waals surface area contributed by atoms with Gasteiger partial charge in [-0.3, -0.25) is 4.79 Å². The van der Waals surface area contributed by atoms with Crippen molar-refractivity contribution in [3.8, 4) is 11.5 Å². The summed E-state index contributed by atoms with van der Waals surface area (Å²) in [7, 11) is 0. The van der Waals surface area contributed by atoms with Crippen molar-refractivity contribution >= 4 is 34.1 Å². The minimum atomic E-state index is -0.0655. The van der Waals surface area contributed by atoms with Crippen LogP contribution < -0.4 is 14.8 Å². The molecular weight excluding hydrogens is 308 g/mol. The average molecular weight is 322 g/mol. The molecule has 0 saturated heterocycles. The number of nitrogens with one attached hydrogen (secondary N) is 1. The van der Waals surface area contributed by atoms with Crippen molar-refractivity contribution in [2.24, 2.45) is 0 Å². The lowest BCUT2D eigenvalue weighted by Crippen LogP contribution is -2.15. The number of aromatic nitrogens is 1. The first-order valence-corrected chi connectivity index (χ1v) is 8.25. The number of anilines is 1. The zero-order valence-electron chi connectivity index (χ0n) is 11.4. The van der Waals surface area contributed by atoms with E-state index in [9.17, 15) is 4.79 Å². The van der Waals surface area contributed by atoms with Crippen molar-refractivity contribution in [3.05, 3.63) is 29.3 Å². The predicted octanol–water partition coefficient (Wildman–Crippen LogP) is 2.95. The molecule has 0 aliphatic carbocycles. The number of hydrogen-bond donors (Lipinski definition) is 1. The van der Waals surface area contributed by atoms with Crippen LogP contribution in [0, 0.1) is 6.92 Å². The molecule has 0 spiro atoms. The van der Waals surface area contributed by atoms with E-state index in [-0.39, 0.29) is 5.91 Å². The minimum Gasteiger partial charge on any atom is -0.486 e. The van der Waals surface area contributed by atoms with Crippen LogP contribution in [0.15, 0.2) is 29.3 Å². The number of fused-ring (bicyclic) bond motifs is 1. The van der Waals surface area contributed by atoms with Gasteiger partial charge in [0.25, 0.3) is 0 Å². The van der Waals surface area contributed by atoms with E-state index in [1.54, 1.807) is 6.20 Å². The third-order valence-corrected chi connectivity index (χ3v) is 4.57. The van der Waals surface area contributed by atoms with E-state index in [1.807, 2.05) is 25.1 Å². The van der Waals surface area contributed by atoms with Crippen LogP contribution in [0.1, 0.15) is 4.88 Å². The van der Waals surface area contributed by atoms with Crippen molar-refractivity contribution < 1.29 is 14.3 Å². The van der Waals surface area contributed by atoms with E-state index >= 15 is 0 Å². The summed E-state index contributed by atoms with van der Waals surface area (Å²) in [4.78, 5) is 18.0. The largest absolute Gasteiger partial charge is 0.486 e. The van der Waals surface area contributed by atoms with Crippen molar-refractivity contribution in [1.29, 1.82) is 0 Å². The van der Waals surface area contributed by atoms with E-state index < -0.39 is 0 Å². The van der Waals surface area contributed by atoms with Crippen LogP contribution in [0.5, 0.6) is 11.5 Å². The van der Waals surface area contributed by atoms with Gasteiger partial charge < -0.3 is 14.8 Å². The van der Waals surface area contributed by atoms with Crippen LogP contribution in [-0.4, -0.2) is 29.9 Å². The molecule has 1 aromatic carbocycles. The van der Waals surface area contributed by atoms with Crippen LogP contribution in [0.2, 0.25) is 0 Å². The molecule has 0 atom stereocenters. The normalized spacial score (nSPS) is 13.0. The molecule has 0 saturated carbocycles. The maximum absolute atomic E-state index is 11.9. The first kappa shape index (κ1) is 14.2. The second-order valence-electron chi connectivity index (χ2n) is 4.42. The number of hydrogen-bond acceptors (Lipinski definition) is 6. The van der Waals surface area contributed by atoms with Crippen LogP contribution >= 0.6 is 23.1 Å². The lowest BCUT2D eigenvalue weighted by Gasteiger charge is -2.18. The predicted molar refractivity (Wildman–Crippen MR) is 83.6 cm³/mol. The highest BCUT2D eigenvalue weighted by molar-refractivity contribution is 8.00. The van der Waals surface area contributed by atoms with Gasteiger partial charge in [-0.25, -0.2) is 4.98 Å². The van der Waals surface area contributed by atoms with Crippen LogP contribution in [0.3, 0.4) is 0 Å². The van der Waals surface area contributed by atoms with E-state index in [1.165, 1.54) is 23.1 Å². The van der Waals surface area contributed by atoms with E-state index in [2.05, 4.69) is 10.3 Å². The van der Waals surface area contributed by atoms with Gasteiger partial charge in [0.05, 0.1) is 5.75 Å². The topological polar surface area (TPSA) is 60.5 Å². The molecular formula is C14H14N2O3S2. The molecule has 1 amide bonds. The Bertz CT molecular complexity index is 657. The van der Waals surface area contributed by atoms with E-state index in [4.69, 9.17) is 9.47 Å². The van der Waals surface area contributed by atoms with Crippen LogP contribution in [0.25, 0.3) is 0 Å². The molecule has 110 valence electrons. The van der Waals surface area contributed by atoms with Gasteiger partial charge in [0.2, 0.25) is 5.91 Å². The molecule has 2 heterocycles. The summed E-state index contributed by atoms with van der Waals surface area (Å²) in [5.41, 5.74) is 0. The van der Waals surface area contributed by atoms with Crippen molar-refractivity contribution in [3.63, 3.8) is 0 Å². The smallest absolute Gasteiger partial charge is 0.236 e. The Kier molecular flexibility index (Phi) is 4.31. The number of aryl methyl sites for hydroxylation is 1. The Morgan fingerprint density at radius 3 is 2.95 bits per heavy atom. The highest BCUT2D eigenvalue weighted by Gasteiger charge is 2.13. The first-order valence-electron chi connectivity index (χ1n) is 6.45. The second-order valence-corrected chi connectivity index (χ2v) is 6.70. The summed E-state index contributed by atoms with van der Waals surface area (Å²) < 4.78 is 11.0. The maximum Gasteiger partial charge on any atom is 0.236 e. The number of benzene rings is 1. The van der Waals surface area contributed by atoms with Crippen molar-refractivity contribution in [2.75, 3.05) is 24.3 Å². The lowest BCUT2D eigenvalue weighted by molar-refractivity contribution is -0.113. The minimum absolute atomic E-state index is 0.0655. The number of ether oxygens (including phenoxy) is 2. The number of carbonyl (C=O) groups excluding carboxylic acids is 1. The zero-order valence-corrected chi connectivity index (χ0v) is 13.1.